The van der Waals surface area contributed by atoms with Crippen molar-refractivity contribution < 1.29 is 17.9 Å². The van der Waals surface area contributed by atoms with Crippen molar-refractivity contribution in [1.82, 2.24) is 9.55 Å². The zero-order valence-corrected chi connectivity index (χ0v) is 9.40. The zero-order valence-electron chi connectivity index (χ0n) is 9.40. The van der Waals surface area contributed by atoms with E-state index in [9.17, 15) is 13.2 Å². The second kappa shape index (κ2) is 4.25. The Morgan fingerprint density at radius 1 is 1.22 bits per heavy atom. The van der Waals surface area contributed by atoms with Crippen molar-refractivity contribution in [3.63, 3.8) is 0 Å². The van der Waals surface area contributed by atoms with Gasteiger partial charge in [-0.3, -0.25) is 0 Å². The number of ether oxygens (including phenoxy) is 1. The lowest BCUT2D eigenvalue weighted by Crippen LogP contribution is -2.04. The maximum absolute atomic E-state index is 12.3. The highest BCUT2D eigenvalue weighted by Gasteiger charge is 2.30. The third-order valence-corrected chi connectivity index (χ3v) is 2.24. The second-order valence-electron chi connectivity index (χ2n) is 3.68. The van der Waals surface area contributed by atoms with Crippen LogP contribution in [0.25, 0.3) is 0 Å². The SMILES string of the molecule is Cn1cc(N)nc1Oc1ccc(C(F)(F)F)cc1. The van der Waals surface area contributed by atoms with Gasteiger partial charge in [-0.2, -0.15) is 18.2 Å². The monoisotopic (exact) mass is 257 g/mol. The summed E-state index contributed by atoms with van der Waals surface area (Å²) in [6, 6.07) is 4.57. The first-order valence-corrected chi connectivity index (χ1v) is 5.00. The molecule has 0 spiro atoms. The van der Waals surface area contributed by atoms with Crippen LogP contribution in [-0.2, 0) is 13.2 Å². The molecule has 2 aromatic rings. The lowest BCUT2D eigenvalue weighted by molar-refractivity contribution is -0.137. The number of hydrogen-bond donors (Lipinski definition) is 1. The second-order valence-corrected chi connectivity index (χ2v) is 3.68. The van der Waals surface area contributed by atoms with E-state index in [1.165, 1.54) is 16.7 Å². The molecule has 2 N–H and O–H groups in total. The van der Waals surface area contributed by atoms with E-state index < -0.39 is 11.7 Å². The van der Waals surface area contributed by atoms with Crippen molar-refractivity contribution in [2.45, 2.75) is 6.18 Å². The van der Waals surface area contributed by atoms with E-state index in [2.05, 4.69) is 4.98 Å². The maximum atomic E-state index is 12.3. The number of halogens is 3. The number of alkyl halides is 3. The van der Waals surface area contributed by atoms with Crippen molar-refractivity contribution in [2.75, 3.05) is 5.73 Å². The van der Waals surface area contributed by atoms with Crippen LogP contribution in [0.3, 0.4) is 0 Å². The van der Waals surface area contributed by atoms with Gasteiger partial charge < -0.3 is 15.0 Å². The predicted octanol–water partition coefficient (Wildman–Crippen LogP) is 2.81. The van der Waals surface area contributed by atoms with Crippen LogP contribution in [-0.4, -0.2) is 9.55 Å². The molecule has 2 rings (SSSR count). The van der Waals surface area contributed by atoms with E-state index in [-0.39, 0.29) is 17.6 Å². The first kappa shape index (κ1) is 12.3. The van der Waals surface area contributed by atoms with E-state index in [4.69, 9.17) is 10.5 Å². The molecule has 0 aliphatic carbocycles. The fourth-order valence-electron chi connectivity index (χ4n) is 1.38. The molecule has 0 aliphatic heterocycles. The maximum Gasteiger partial charge on any atom is 0.416 e. The van der Waals surface area contributed by atoms with Gasteiger partial charge in [0.05, 0.1) is 11.8 Å². The Morgan fingerprint density at radius 2 is 1.83 bits per heavy atom. The molecular formula is C11H10F3N3O. The normalized spacial score (nSPS) is 11.6. The molecule has 0 fully saturated rings. The molecule has 7 heteroatoms. The van der Waals surface area contributed by atoms with Gasteiger partial charge in [-0.1, -0.05) is 0 Å². The summed E-state index contributed by atoms with van der Waals surface area (Å²) >= 11 is 0. The van der Waals surface area contributed by atoms with Gasteiger partial charge in [-0.25, -0.2) is 0 Å². The quantitative estimate of drug-likeness (QED) is 0.900. The Balaban J connectivity index is 2.18. The van der Waals surface area contributed by atoms with E-state index in [1.807, 2.05) is 0 Å². The van der Waals surface area contributed by atoms with E-state index in [1.54, 1.807) is 13.2 Å². The van der Waals surface area contributed by atoms with Crippen molar-refractivity contribution in [1.29, 1.82) is 0 Å². The largest absolute Gasteiger partial charge is 0.425 e. The van der Waals surface area contributed by atoms with Crippen molar-refractivity contribution >= 4 is 5.82 Å². The van der Waals surface area contributed by atoms with Gasteiger partial charge in [0.15, 0.2) is 0 Å². The summed E-state index contributed by atoms with van der Waals surface area (Å²) < 4.78 is 43.9. The number of imidazole rings is 1. The van der Waals surface area contributed by atoms with Gasteiger partial charge >= 0.3 is 12.2 Å². The molecule has 0 radical (unpaired) electrons. The first-order chi connectivity index (χ1) is 8.36. The summed E-state index contributed by atoms with van der Waals surface area (Å²) in [4.78, 5) is 3.87. The summed E-state index contributed by atoms with van der Waals surface area (Å²) in [5.74, 6) is 0.538. The van der Waals surface area contributed by atoms with Gasteiger partial charge in [0, 0.05) is 7.05 Å². The molecule has 0 atom stereocenters. The number of benzene rings is 1. The van der Waals surface area contributed by atoms with Crippen LogP contribution in [0, 0.1) is 0 Å². The number of nitrogens with zero attached hydrogens (tertiary/aromatic N) is 2. The Kier molecular flexibility index (Phi) is 2.90. The topological polar surface area (TPSA) is 53.1 Å². The molecule has 1 aromatic carbocycles. The van der Waals surface area contributed by atoms with E-state index in [0.717, 1.165) is 12.1 Å². The Hall–Kier alpha value is -2.18. The van der Waals surface area contributed by atoms with Crippen LogP contribution >= 0.6 is 0 Å². The minimum Gasteiger partial charge on any atom is -0.425 e. The van der Waals surface area contributed by atoms with Crippen molar-refractivity contribution in [3.05, 3.63) is 36.0 Å². The minimum absolute atomic E-state index is 0.215. The van der Waals surface area contributed by atoms with Gasteiger partial charge in [-0.05, 0) is 24.3 Å². The van der Waals surface area contributed by atoms with Crippen LogP contribution < -0.4 is 10.5 Å². The van der Waals surface area contributed by atoms with Gasteiger partial charge in [0.25, 0.3) is 0 Å². The summed E-state index contributed by atoms with van der Waals surface area (Å²) in [6.45, 7) is 0. The molecule has 4 nitrogen and oxygen atoms in total. The number of aromatic nitrogens is 2. The van der Waals surface area contributed by atoms with Crippen LogP contribution in [0.15, 0.2) is 30.5 Å². The number of aryl methyl sites for hydroxylation is 1. The third-order valence-electron chi connectivity index (χ3n) is 2.24. The molecule has 0 unspecified atom stereocenters. The Morgan fingerprint density at radius 3 is 2.28 bits per heavy atom. The number of rotatable bonds is 2. The smallest absolute Gasteiger partial charge is 0.416 e. The lowest BCUT2D eigenvalue weighted by Gasteiger charge is -2.08. The Labute approximate surface area is 101 Å². The fraction of sp³-hybridized carbons (Fsp3) is 0.182. The highest BCUT2D eigenvalue weighted by atomic mass is 19.4. The number of nitrogens with two attached hydrogens (primary N) is 1. The molecule has 0 saturated heterocycles. The molecule has 18 heavy (non-hydrogen) atoms. The standard InChI is InChI=1S/C11H10F3N3O/c1-17-6-9(15)16-10(17)18-8-4-2-7(3-5-8)11(12,13)14/h2-6H,15H2,1H3. The highest BCUT2D eigenvalue weighted by molar-refractivity contribution is 5.33. The molecular weight excluding hydrogens is 247 g/mol. The van der Waals surface area contributed by atoms with E-state index >= 15 is 0 Å². The van der Waals surface area contributed by atoms with Gasteiger partial charge in [0.2, 0.25) is 0 Å². The van der Waals surface area contributed by atoms with Crippen LogP contribution in [0.4, 0.5) is 19.0 Å². The van der Waals surface area contributed by atoms with Gasteiger partial charge in [0.1, 0.15) is 11.6 Å². The Bertz CT molecular complexity index is 546. The third kappa shape index (κ3) is 2.55. The van der Waals surface area contributed by atoms with Crippen LogP contribution in [0.1, 0.15) is 5.56 Å². The molecule has 1 heterocycles. The van der Waals surface area contributed by atoms with Crippen molar-refractivity contribution in [3.8, 4) is 11.8 Å². The summed E-state index contributed by atoms with van der Waals surface area (Å²) in [7, 11) is 1.67. The number of hydrogen-bond acceptors (Lipinski definition) is 3. The molecule has 0 amide bonds. The van der Waals surface area contributed by atoms with Gasteiger partial charge in [-0.15, -0.1) is 0 Å². The molecule has 0 bridgehead atoms. The zero-order chi connectivity index (χ0) is 13.3. The molecule has 0 aliphatic rings. The average Bonchev–Trinajstić information content (AvgIpc) is 2.57. The summed E-state index contributed by atoms with van der Waals surface area (Å²) in [5.41, 5.74) is 4.73. The lowest BCUT2D eigenvalue weighted by atomic mass is 10.2. The molecule has 96 valence electrons. The summed E-state index contributed by atoms with van der Waals surface area (Å²) in [5, 5.41) is 0. The number of anilines is 1. The fourth-order valence-corrected chi connectivity index (χ4v) is 1.38. The van der Waals surface area contributed by atoms with Crippen LogP contribution in [0.2, 0.25) is 0 Å². The van der Waals surface area contributed by atoms with Crippen molar-refractivity contribution in [2.24, 2.45) is 7.05 Å². The van der Waals surface area contributed by atoms with E-state index in [0.29, 0.717) is 0 Å². The van der Waals surface area contributed by atoms with Crippen LogP contribution in [0.5, 0.6) is 11.8 Å². The highest BCUT2D eigenvalue weighted by Crippen LogP contribution is 2.31. The summed E-state index contributed by atoms with van der Waals surface area (Å²) in [6.07, 6.45) is -2.81. The minimum atomic E-state index is -4.35. The molecule has 0 saturated carbocycles. The molecule has 1 aromatic heterocycles. The first-order valence-electron chi connectivity index (χ1n) is 5.00. The average molecular weight is 257 g/mol. The predicted molar refractivity (Wildman–Crippen MR) is 59.1 cm³/mol. The number of nitrogen functional groups attached to an aromatic ring is 1.